The fraction of sp³-hybridized carbons (Fsp3) is 0.200. The van der Waals surface area contributed by atoms with Crippen LogP contribution in [0.5, 0.6) is 0 Å². The van der Waals surface area contributed by atoms with Gasteiger partial charge in [-0.05, 0) is 35.6 Å². The highest BCUT2D eigenvalue weighted by Crippen LogP contribution is 2.34. The number of thiophene rings is 1. The van der Waals surface area contributed by atoms with E-state index >= 15 is 0 Å². The van der Waals surface area contributed by atoms with Crippen molar-refractivity contribution in [2.75, 3.05) is 12.4 Å². The van der Waals surface area contributed by atoms with Crippen LogP contribution in [-0.2, 0) is 6.42 Å². The molecule has 0 saturated heterocycles. The summed E-state index contributed by atoms with van der Waals surface area (Å²) in [5.74, 6) is 1.43. The fourth-order valence-corrected chi connectivity index (χ4v) is 3.72. The number of halogens is 2. The molecule has 0 saturated carbocycles. The zero-order valence-corrected chi connectivity index (χ0v) is 13.9. The SMILES string of the molecule is CCc1ccsc1-c1nc(NC)c2cc(Cl)cc(Cl)c2n1. The first-order valence-electron chi connectivity index (χ1n) is 6.55. The van der Waals surface area contributed by atoms with E-state index in [1.54, 1.807) is 17.4 Å². The van der Waals surface area contributed by atoms with Gasteiger partial charge >= 0.3 is 0 Å². The molecule has 1 aromatic carbocycles. The highest BCUT2D eigenvalue weighted by atomic mass is 35.5. The van der Waals surface area contributed by atoms with Gasteiger partial charge in [-0.25, -0.2) is 9.97 Å². The summed E-state index contributed by atoms with van der Waals surface area (Å²) in [6.45, 7) is 2.12. The molecule has 108 valence electrons. The monoisotopic (exact) mass is 337 g/mol. The molecule has 3 rings (SSSR count). The van der Waals surface area contributed by atoms with Crippen LogP contribution in [0.15, 0.2) is 23.6 Å². The van der Waals surface area contributed by atoms with Crippen LogP contribution < -0.4 is 5.32 Å². The lowest BCUT2D eigenvalue weighted by Gasteiger charge is -2.10. The second kappa shape index (κ2) is 5.79. The first kappa shape index (κ1) is 14.6. The Morgan fingerprint density at radius 2 is 2.05 bits per heavy atom. The van der Waals surface area contributed by atoms with Gasteiger partial charge in [-0.1, -0.05) is 30.1 Å². The van der Waals surface area contributed by atoms with Crippen molar-refractivity contribution in [3.8, 4) is 10.7 Å². The van der Waals surface area contributed by atoms with E-state index in [1.807, 2.05) is 13.1 Å². The van der Waals surface area contributed by atoms with Gasteiger partial charge in [0.25, 0.3) is 0 Å². The number of rotatable bonds is 3. The highest BCUT2D eigenvalue weighted by Gasteiger charge is 2.15. The lowest BCUT2D eigenvalue weighted by atomic mass is 10.2. The number of fused-ring (bicyclic) bond motifs is 1. The Morgan fingerprint density at radius 3 is 2.76 bits per heavy atom. The van der Waals surface area contributed by atoms with E-state index in [4.69, 9.17) is 23.2 Å². The second-order valence-electron chi connectivity index (χ2n) is 4.56. The molecule has 3 nitrogen and oxygen atoms in total. The molecule has 3 aromatic rings. The van der Waals surface area contributed by atoms with Crippen molar-refractivity contribution in [1.29, 1.82) is 0 Å². The summed E-state index contributed by atoms with van der Waals surface area (Å²) in [5, 5.41) is 7.10. The number of anilines is 1. The number of nitrogens with zero attached hydrogens (tertiary/aromatic N) is 2. The van der Waals surface area contributed by atoms with Crippen LogP contribution in [0.4, 0.5) is 5.82 Å². The Bertz CT molecular complexity index is 814. The van der Waals surface area contributed by atoms with Gasteiger partial charge in [0, 0.05) is 17.5 Å². The molecule has 0 fully saturated rings. The van der Waals surface area contributed by atoms with E-state index < -0.39 is 0 Å². The molecule has 0 unspecified atom stereocenters. The van der Waals surface area contributed by atoms with Gasteiger partial charge in [-0.3, -0.25) is 0 Å². The number of nitrogens with one attached hydrogen (secondary N) is 1. The normalized spacial score (nSPS) is 11.0. The van der Waals surface area contributed by atoms with Gasteiger partial charge in [0.2, 0.25) is 0 Å². The molecule has 0 radical (unpaired) electrons. The van der Waals surface area contributed by atoms with Gasteiger partial charge in [0.1, 0.15) is 5.82 Å². The van der Waals surface area contributed by atoms with E-state index in [1.165, 1.54) is 5.56 Å². The van der Waals surface area contributed by atoms with Crippen molar-refractivity contribution >= 4 is 51.3 Å². The molecule has 6 heteroatoms. The van der Waals surface area contributed by atoms with Crippen molar-refractivity contribution in [3.63, 3.8) is 0 Å². The lowest BCUT2D eigenvalue weighted by molar-refractivity contribution is 1.14. The van der Waals surface area contributed by atoms with Crippen LogP contribution in [0.3, 0.4) is 0 Å². The minimum Gasteiger partial charge on any atom is -0.373 e. The van der Waals surface area contributed by atoms with Crippen LogP contribution in [0, 0.1) is 0 Å². The summed E-state index contributed by atoms with van der Waals surface area (Å²) in [6, 6.07) is 5.64. The molecule has 2 aromatic heterocycles. The van der Waals surface area contributed by atoms with Gasteiger partial charge in [-0.15, -0.1) is 11.3 Å². The molecular formula is C15H13Cl2N3S. The van der Waals surface area contributed by atoms with Crippen LogP contribution in [0.2, 0.25) is 10.0 Å². The summed E-state index contributed by atoms with van der Waals surface area (Å²) < 4.78 is 0. The van der Waals surface area contributed by atoms with Crippen molar-refractivity contribution in [2.24, 2.45) is 0 Å². The third-order valence-corrected chi connectivity index (χ3v) is 4.75. The summed E-state index contributed by atoms with van der Waals surface area (Å²) in [6.07, 6.45) is 0.948. The van der Waals surface area contributed by atoms with Gasteiger partial charge < -0.3 is 5.32 Å². The minimum absolute atomic E-state index is 0.534. The molecular weight excluding hydrogens is 325 g/mol. The van der Waals surface area contributed by atoms with Crippen molar-refractivity contribution in [1.82, 2.24) is 9.97 Å². The van der Waals surface area contributed by atoms with Crippen LogP contribution >= 0.6 is 34.5 Å². The van der Waals surface area contributed by atoms with Crippen molar-refractivity contribution in [3.05, 3.63) is 39.2 Å². The van der Waals surface area contributed by atoms with E-state index in [9.17, 15) is 0 Å². The van der Waals surface area contributed by atoms with Gasteiger partial charge in [-0.2, -0.15) is 0 Å². The molecule has 0 bridgehead atoms. The third kappa shape index (κ3) is 2.59. The summed E-state index contributed by atoms with van der Waals surface area (Å²) in [4.78, 5) is 10.4. The Labute approximate surface area is 137 Å². The second-order valence-corrected chi connectivity index (χ2v) is 6.32. The Kier molecular flexibility index (Phi) is 4.02. The first-order chi connectivity index (χ1) is 10.1. The molecule has 0 atom stereocenters. The molecule has 0 aliphatic carbocycles. The maximum absolute atomic E-state index is 6.30. The fourth-order valence-electron chi connectivity index (χ4n) is 2.26. The molecule has 21 heavy (non-hydrogen) atoms. The third-order valence-electron chi connectivity index (χ3n) is 3.29. The number of aromatic nitrogens is 2. The van der Waals surface area contributed by atoms with Crippen molar-refractivity contribution in [2.45, 2.75) is 13.3 Å². The maximum Gasteiger partial charge on any atom is 0.172 e. The Balaban J connectivity index is 2.31. The number of hydrogen-bond acceptors (Lipinski definition) is 4. The Hall–Kier alpha value is -1.36. The van der Waals surface area contributed by atoms with Crippen LogP contribution in [0.1, 0.15) is 12.5 Å². The zero-order valence-electron chi connectivity index (χ0n) is 11.6. The maximum atomic E-state index is 6.30. The highest BCUT2D eigenvalue weighted by molar-refractivity contribution is 7.13. The van der Waals surface area contributed by atoms with Gasteiger partial charge in [0.15, 0.2) is 5.82 Å². The van der Waals surface area contributed by atoms with E-state index in [0.29, 0.717) is 21.4 Å². The van der Waals surface area contributed by atoms with E-state index in [0.717, 1.165) is 22.5 Å². The largest absolute Gasteiger partial charge is 0.373 e. The molecule has 0 aliphatic rings. The molecule has 0 aliphatic heterocycles. The van der Waals surface area contributed by atoms with Gasteiger partial charge in [0.05, 0.1) is 15.4 Å². The van der Waals surface area contributed by atoms with E-state index in [-0.39, 0.29) is 0 Å². The minimum atomic E-state index is 0.534. The average molecular weight is 338 g/mol. The molecule has 0 spiro atoms. The summed E-state index contributed by atoms with van der Waals surface area (Å²) in [7, 11) is 1.83. The quantitative estimate of drug-likeness (QED) is 0.707. The topological polar surface area (TPSA) is 37.8 Å². The summed E-state index contributed by atoms with van der Waals surface area (Å²) >= 11 is 14.0. The average Bonchev–Trinajstić information content (AvgIpc) is 2.94. The predicted octanol–water partition coefficient (Wildman–Crippen LogP) is 5.27. The zero-order chi connectivity index (χ0) is 15.0. The number of benzene rings is 1. The first-order valence-corrected chi connectivity index (χ1v) is 8.19. The van der Waals surface area contributed by atoms with Crippen LogP contribution in [0.25, 0.3) is 21.6 Å². The van der Waals surface area contributed by atoms with Crippen LogP contribution in [-0.4, -0.2) is 17.0 Å². The lowest BCUT2D eigenvalue weighted by Crippen LogP contribution is -1.99. The van der Waals surface area contributed by atoms with E-state index in [2.05, 4.69) is 33.7 Å². The smallest absolute Gasteiger partial charge is 0.172 e. The molecule has 0 amide bonds. The number of hydrogen-bond donors (Lipinski definition) is 1. The number of aryl methyl sites for hydroxylation is 1. The standard InChI is InChI=1S/C15H13Cl2N3S/c1-3-8-4-5-21-13(8)15-19-12-10(14(18-2)20-15)6-9(16)7-11(12)17/h4-7H,3H2,1-2H3,(H,18,19,20). The molecule has 2 heterocycles. The van der Waals surface area contributed by atoms with Crippen molar-refractivity contribution < 1.29 is 0 Å². The predicted molar refractivity (Wildman–Crippen MR) is 91.8 cm³/mol. The molecule has 1 N–H and O–H groups in total. The summed E-state index contributed by atoms with van der Waals surface area (Å²) in [5.41, 5.74) is 1.96. The Morgan fingerprint density at radius 1 is 1.24 bits per heavy atom.